The van der Waals surface area contributed by atoms with Crippen LogP contribution in [-0.4, -0.2) is 63.9 Å². The van der Waals surface area contributed by atoms with Crippen LogP contribution in [0.25, 0.3) is 0 Å². The Morgan fingerprint density at radius 1 is 0.864 bits per heavy atom. The van der Waals surface area contributed by atoms with Gasteiger partial charge in [0.25, 0.3) is 0 Å². The minimum atomic E-state index is -1.13. The highest BCUT2D eigenvalue weighted by atomic mass is 16.6. The molecule has 0 saturated carbocycles. The maximum Gasteiger partial charge on any atom is 0.331 e. The van der Waals surface area contributed by atoms with Crippen LogP contribution in [0.5, 0.6) is 0 Å². The average molecular weight is 600 g/mol. The molecule has 0 aromatic heterocycles. The van der Waals surface area contributed by atoms with Crippen molar-refractivity contribution < 1.29 is 28.7 Å². The van der Waals surface area contributed by atoms with Gasteiger partial charge in [0.15, 0.2) is 6.04 Å². The lowest BCUT2D eigenvalue weighted by atomic mass is 10.0. The molecular weight excluding hydrogens is 558 g/mol. The molecule has 1 heterocycles. The monoisotopic (exact) mass is 599 g/mol. The zero-order chi connectivity index (χ0) is 31.7. The average Bonchev–Trinajstić information content (AvgIpc) is 3.33. The largest absolute Gasteiger partial charge is 0.460 e. The first-order chi connectivity index (χ1) is 21.0. The van der Waals surface area contributed by atoms with Gasteiger partial charge in [-0.1, -0.05) is 91.0 Å². The summed E-state index contributed by atoms with van der Waals surface area (Å²) in [6, 6.07) is 24.9. The third kappa shape index (κ3) is 9.00. The van der Waals surface area contributed by atoms with Gasteiger partial charge in [-0.2, -0.15) is 0 Å². The van der Waals surface area contributed by atoms with Gasteiger partial charge in [0.2, 0.25) is 5.91 Å². The SMILES string of the molecule is C[C@H](N[C@@H](CCc1ccccc1)C(=O)OCc1ccccc1)C(=O)N1C(=O)N(Cc2ccccc2)C[C@H]1C(=O)OC(C)(C)C. The lowest BCUT2D eigenvalue weighted by Gasteiger charge is -2.28. The molecule has 1 aliphatic heterocycles. The van der Waals surface area contributed by atoms with Crippen molar-refractivity contribution in [2.75, 3.05) is 6.54 Å². The fraction of sp³-hybridized carbons (Fsp3) is 0.371. The van der Waals surface area contributed by atoms with Gasteiger partial charge in [0.05, 0.1) is 12.6 Å². The first-order valence-electron chi connectivity index (χ1n) is 14.9. The van der Waals surface area contributed by atoms with Gasteiger partial charge in [-0.05, 0) is 57.2 Å². The molecule has 0 spiro atoms. The summed E-state index contributed by atoms with van der Waals surface area (Å²) in [4.78, 5) is 56.5. The van der Waals surface area contributed by atoms with E-state index in [2.05, 4.69) is 5.32 Å². The summed E-state index contributed by atoms with van der Waals surface area (Å²) in [6.45, 7) is 7.11. The van der Waals surface area contributed by atoms with Gasteiger partial charge in [-0.15, -0.1) is 0 Å². The smallest absolute Gasteiger partial charge is 0.331 e. The number of imide groups is 1. The van der Waals surface area contributed by atoms with Crippen LogP contribution in [0.15, 0.2) is 91.0 Å². The standard InChI is InChI=1S/C35H41N3O6/c1-25(36-29(21-20-26-14-8-5-9-15-26)32(40)43-24-28-18-12-7-13-19-28)31(39)38-30(33(41)44-35(2,3)4)23-37(34(38)42)22-27-16-10-6-11-17-27/h5-19,25,29-30,36H,20-24H2,1-4H3/t25-,29-,30-/m0/s1. The lowest BCUT2D eigenvalue weighted by molar-refractivity contribution is -0.162. The molecule has 3 atom stereocenters. The van der Waals surface area contributed by atoms with Gasteiger partial charge in [-0.3, -0.25) is 14.9 Å². The fourth-order valence-corrected chi connectivity index (χ4v) is 5.02. The van der Waals surface area contributed by atoms with Gasteiger partial charge in [0, 0.05) is 6.54 Å². The highest BCUT2D eigenvalue weighted by Crippen LogP contribution is 2.23. The Morgan fingerprint density at radius 3 is 1.98 bits per heavy atom. The number of urea groups is 1. The Morgan fingerprint density at radius 2 is 1.41 bits per heavy atom. The Labute approximate surface area is 259 Å². The van der Waals surface area contributed by atoms with Crippen molar-refractivity contribution >= 4 is 23.9 Å². The van der Waals surface area contributed by atoms with E-state index in [0.717, 1.165) is 21.6 Å². The molecule has 1 aliphatic rings. The molecule has 1 fully saturated rings. The van der Waals surface area contributed by atoms with Crippen molar-refractivity contribution in [1.82, 2.24) is 15.1 Å². The number of amides is 3. The van der Waals surface area contributed by atoms with Crippen LogP contribution >= 0.6 is 0 Å². The van der Waals surface area contributed by atoms with Crippen molar-refractivity contribution in [1.29, 1.82) is 0 Å². The minimum absolute atomic E-state index is 0.00233. The number of aryl methyl sites for hydroxylation is 1. The number of hydrogen-bond donors (Lipinski definition) is 1. The number of carbonyl (C=O) groups excluding carboxylic acids is 4. The molecule has 232 valence electrons. The highest BCUT2D eigenvalue weighted by molar-refractivity contribution is 6.03. The quantitative estimate of drug-likeness (QED) is 0.296. The first kappa shape index (κ1) is 32.4. The summed E-state index contributed by atoms with van der Waals surface area (Å²) in [5.41, 5.74) is 1.93. The molecule has 0 bridgehead atoms. The van der Waals surface area contributed by atoms with Crippen LogP contribution in [0.2, 0.25) is 0 Å². The van der Waals surface area contributed by atoms with E-state index >= 15 is 0 Å². The minimum Gasteiger partial charge on any atom is -0.460 e. The highest BCUT2D eigenvalue weighted by Gasteiger charge is 2.48. The number of esters is 2. The zero-order valence-corrected chi connectivity index (χ0v) is 25.8. The molecule has 0 aliphatic carbocycles. The van der Waals surface area contributed by atoms with Crippen LogP contribution in [0.3, 0.4) is 0 Å². The molecule has 0 radical (unpaired) electrons. The number of rotatable bonds is 12. The molecule has 44 heavy (non-hydrogen) atoms. The molecule has 3 amide bonds. The second-order valence-corrected chi connectivity index (χ2v) is 12.0. The van der Waals surface area contributed by atoms with E-state index < -0.39 is 47.6 Å². The van der Waals surface area contributed by atoms with Crippen molar-refractivity contribution in [3.05, 3.63) is 108 Å². The van der Waals surface area contributed by atoms with E-state index in [1.165, 1.54) is 4.90 Å². The van der Waals surface area contributed by atoms with Crippen LogP contribution < -0.4 is 5.32 Å². The number of hydrogen-bond acceptors (Lipinski definition) is 7. The summed E-state index contributed by atoms with van der Waals surface area (Å²) >= 11 is 0. The second kappa shape index (κ2) is 14.8. The third-order valence-corrected chi connectivity index (χ3v) is 7.21. The molecule has 1 saturated heterocycles. The number of carbonyl (C=O) groups is 4. The van der Waals surface area contributed by atoms with E-state index in [-0.39, 0.29) is 19.7 Å². The van der Waals surface area contributed by atoms with Crippen LogP contribution in [0, 0.1) is 0 Å². The van der Waals surface area contributed by atoms with E-state index in [1.54, 1.807) is 27.7 Å². The lowest BCUT2D eigenvalue weighted by Crippen LogP contribution is -2.55. The van der Waals surface area contributed by atoms with Crippen molar-refractivity contribution in [3.63, 3.8) is 0 Å². The van der Waals surface area contributed by atoms with E-state index in [9.17, 15) is 19.2 Å². The Bertz CT molecular complexity index is 1410. The maximum absolute atomic E-state index is 13.9. The van der Waals surface area contributed by atoms with Crippen LogP contribution in [0.1, 0.15) is 50.8 Å². The summed E-state index contributed by atoms with van der Waals surface area (Å²) < 4.78 is 11.2. The topological polar surface area (TPSA) is 105 Å². The fourth-order valence-electron chi connectivity index (χ4n) is 5.02. The predicted molar refractivity (Wildman–Crippen MR) is 166 cm³/mol. The summed E-state index contributed by atoms with van der Waals surface area (Å²) in [5, 5.41) is 3.10. The van der Waals surface area contributed by atoms with Crippen LogP contribution in [-0.2, 0) is 43.4 Å². The van der Waals surface area contributed by atoms with Gasteiger partial charge in [0.1, 0.15) is 18.2 Å². The number of nitrogens with zero attached hydrogens (tertiary/aromatic N) is 2. The molecule has 3 aromatic rings. The maximum atomic E-state index is 13.9. The summed E-state index contributed by atoms with van der Waals surface area (Å²) in [5.74, 6) is -1.79. The third-order valence-electron chi connectivity index (χ3n) is 7.21. The number of benzene rings is 3. The molecule has 4 rings (SSSR count). The van der Waals surface area contributed by atoms with E-state index in [0.29, 0.717) is 12.8 Å². The molecule has 3 aromatic carbocycles. The van der Waals surface area contributed by atoms with Gasteiger partial charge >= 0.3 is 18.0 Å². The van der Waals surface area contributed by atoms with Crippen molar-refractivity contribution in [3.8, 4) is 0 Å². The van der Waals surface area contributed by atoms with E-state index in [1.807, 2.05) is 91.0 Å². The molecule has 0 unspecified atom stereocenters. The van der Waals surface area contributed by atoms with Gasteiger partial charge in [-0.25, -0.2) is 14.5 Å². The zero-order valence-electron chi connectivity index (χ0n) is 25.8. The molecule has 1 N–H and O–H groups in total. The Hall–Kier alpha value is -4.50. The summed E-state index contributed by atoms with van der Waals surface area (Å²) in [6.07, 6.45) is 0.923. The van der Waals surface area contributed by atoms with Crippen molar-refractivity contribution in [2.24, 2.45) is 0 Å². The normalized spacial score (nSPS) is 16.4. The molecular formula is C35H41N3O6. The predicted octanol–water partition coefficient (Wildman–Crippen LogP) is 4.88. The molecule has 9 heteroatoms. The Kier molecular flexibility index (Phi) is 10.9. The number of nitrogens with one attached hydrogen (secondary N) is 1. The second-order valence-electron chi connectivity index (χ2n) is 12.0. The van der Waals surface area contributed by atoms with E-state index in [4.69, 9.17) is 9.47 Å². The summed E-state index contributed by atoms with van der Waals surface area (Å²) in [7, 11) is 0. The number of ether oxygens (including phenoxy) is 2. The van der Waals surface area contributed by atoms with Crippen molar-refractivity contribution in [2.45, 2.75) is 77.4 Å². The van der Waals surface area contributed by atoms with Crippen LogP contribution in [0.4, 0.5) is 4.79 Å². The molecule has 9 nitrogen and oxygen atoms in total. The van der Waals surface area contributed by atoms with Gasteiger partial charge < -0.3 is 14.4 Å². The first-order valence-corrected chi connectivity index (χ1v) is 14.9. The Balaban J connectivity index is 1.52.